The highest BCUT2D eigenvalue weighted by molar-refractivity contribution is 6.31. The Bertz CT molecular complexity index is 798. The quantitative estimate of drug-likeness (QED) is 0.837. The maximum atomic E-state index is 12.5. The number of carbonyl (C=O) groups is 1. The molecule has 3 rings (SSSR count). The molecule has 1 atom stereocenters. The number of anilines is 1. The van der Waals surface area contributed by atoms with Crippen molar-refractivity contribution in [3.8, 4) is 5.75 Å². The largest absolute Gasteiger partial charge is 0.489 e. The smallest absolute Gasteiger partial charge is 0.229 e. The topological polar surface area (TPSA) is 65.4 Å². The summed E-state index contributed by atoms with van der Waals surface area (Å²) in [5.41, 5.74) is 3.35. The molecule has 2 aromatic rings. The predicted octanol–water partition coefficient (Wildman–Crippen LogP) is 3.43. The van der Waals surface area contributed by atoms with Gasteiger partial charge in [-0.1, -0.05) is 11.6 Å². The number of benzene rings is 1. The van der Waals surface area contributed by atoms with E-state index in [1.54, 1.807) is 22.9 Å². The van der Waals surface area contributed by atoms with Gasteiger partial charge in [-0.05, 0) is 44.9 Å². The van der Waals surface area contributed by atoms with Gasteiger partial charge in [0.05, 0.1) is 23.9 Å². The van der Waals surface area contributed by atoms with Gasteiger partial charge in [-0.25, -0.2) is 0 Å². The number of hydrogen-bond acceptors (Lipinski definition) is 4. The fraction of sp³-hybridized carbons (Fsp3) is 0.474. The number of hydrogen-bond donors (Lipinski definition) is 1. The second-order valence-corrected chi connectivity index (χ2v) is 7.02. The average Bonchev–Trinajstić information content (AvgIpc) is 3.18. The number of rotatable bonds is 6. The molecule has 0 aliphatic carbocycles. The van der Waals surface area contributed by atoms with Crippen molar-refractivity contribution >= 4 is 23.2 Å². The molecule has 1 aliphatic rings. The molecule has 1 aromatic heterocycles. The van der Waals surface area contributed by atoms with Crippen LogP contribution < -0.4 is 10.1 Å². The second-order valence-electron chi connectivity index (χ2n) is 6.58. The van der Waals surface area contributed by atoms with Crippen molar-refractivity contribution in [2.24, 2.45) is 7.05 Å². The molecule has 7 heteroatoms. The summed E-state index contributed by atoms with van der Waals surface area (Å²) in [4.78, 5) is 12.5. The number of aromatic nitrogens is 2. The zero-order valence-electron chi connectivity index (χ0n) is 15.3. The van der Waals surface area contributed by atoms with Gasteiger partial charge in [0.1, 0.15) is 12.4 Å². The van der Waals surface area contributed by atoms with Crippen molar-refractivity contribution < 1.29 is 14.3 Å². The molecule has 1 N–H and O–H groups in total. The van der Waals surface area contributed by atoms with Gasteiger partial charge in [-0.15, -0.1) is 0 Å². The van der Waals surface area contributed by atoms with Crippen molar-refractivity contribution in [1.29, 1.82) is 0 Å². The van der Waals surface area contributed by atoms with E-state index >= 15 is 0 Å². The van der Waals surface area contributed by atoms with E-state index in [-0.39, 0.29) is 18.4 Å². The van der Waals surface area contributed by atoms with Gasteiger partial charge in [0, 0.05) is 29.9 Å². The van der Waals surface area contributed by atoms with E-state index in [0.717, 1.165) is 36.4 Å². The van der Waals surface area contributed by atoms with Crippen molar-refractivity contribution in [2.75, 3.05) is 18.5 Å². The Morgan fingerprint density at radius 2 is 2.27 bits per heavy atom. The number of nitrogens with one attached hydrogen (secondary N) is 1. The summed E-state index contributed by atoms with van der Waals surface area (Å²) >= 11 is 6.10. The minimum atomic E-state index is -0.131. The Morgan fingerprint density at radius 3 is 2.92 bits per heavy atom. The Morgan fingerprint density at radius 1 is 1.46 bits per heavy atom. The number of halogens is 1. The SMILES string of the molecule is Cc1nn(C)c(C)c1CC(=O)Nc1cc(Cl)ccc1OCC1CCCO1. The van der Waals surface area contributed by atoms with Gasteiger partial charge in [-0.2, -0.15) is 5.10 Å². The van der Waals surface area contributed by atoms with E-state index < -0.39 is 0 Å². The van der Waals surface area contributed by atoms with E-state index in [2.05, 4.69) is 10.4 Å². The fourth-order valence-electron chi connectivity index (χ4n) is 3.11. The van der Waals surface area contributed by atoms with E-state index in [0.29, 0.717) is 23.1 Å². The lowest BCUT2D eigenvalue weighted by atomic mass is 10.1. The normalized spacial score (nSPS) is 16.7. The molecular formula is C19H24ClN3O3. The number of nitrogens with zero attached hydrogens (tertiary/aromatic N) is 2. The second kappa shape index (κ2) is 8.10. The molecule has 0 bridgehead atoms. The van der Waals surface area contributed by atoms with Crippen molar-refractivity contribution in [1.82, 2.24) is 9.78 Å². The first kappa shape index (κ1) is 18.7. The summed E-state index contributed by atoms with van der Waals surface area (Å²) in [5, 5.41) is 7.81. The maximum absolute atomic E-state index is 12.5. The minimum Gasteiger partial charge on any atom is -0.489 e. The van der Waals surface area contributed by atoms with Crippen LogP contribution in [-0.2, 0) is 23.0 Å². The zero-order chi connectivity index (χ0) is 18.7. The van der Waals surface area contributed by atoms with Crippen LogP contribution in [0.4, 0.5) is 5.69 Å². The molecule has 6 nitrogen and oxygen atoms in total. The summed E-state index contributed by atoms with van der Waals surface area (Å²) in [6.07, 6.45) is 2.41. The molecule has 26 heavy (non-hydrogen) atoms. The lowest BCUT2D eigenvalue weighted by Gasteiger charge is -2.15. The zero-order valence-corrected chi connectivity index (χ0v) is 16.1. The van der Waals surface area contributed by atoms with Crippen LogP contribution in [0.3, 0.4) is 0 Å². The molecule has 1 aliphatic heterocycles. The third-order valence-corrected chi connectivity index (χ3v) is 4.90. The van der Waals surface area contributed by atoms with Crippen LogP contribution in [0, 0.1) is 13.8 Å². The van der Waals surface area contributed by atoms with Gasteiger partial charge >= 0.3 is 0 Å². The van der Waals surface area contributed by atoms with E-state index in [4.69, 9.17) is 21.1 Å². The number of aryl methyl sites for hydroxylation is 2. The first-order valence-corrected chi connectivity index (χ1v) is 9.14. The van der Waals surface area contributed by atoms with Crippen molar-refractivity contribution in [3.63, 3.8) is 0 Å². The summed E-state index contributed by atoms with van der Waals surface area (Å²) in [6, 6.07) is 5.22. The van der Waals surface area contributed by atoms with Crippen LogP contribution in [0.1, 0.15) is 29.8 Å². The van der Waals surface area contributed by atoms with Gasteiger partial charge in [0.15, 0.2) is 0 Å². The molecule has 0 radical (unpaired) electrons. The molecule has 1 saturated heterocycles. The molecule has 1 amide bonds. The number of amides is 1. The minimum absolute atomic E-state index is 0.106. The maximum Gasteiger partial charge on any atom is 0.229 e. The van der Waals surface area contributed by atoms with Crippen molar-refractivity contribution in [2.45, 2.75) is 39.2 Å². The lowest BCUT2D eigenvalue weighted by Crippen LogP contribution is -2.19. The highest BCUT2D eigenvalue weighted by atomic mass is 35.5. The van der Waals surface area contributed by atoms with Crippen LogP contribution >= 0.6 is 11.6 Å². The van der Waals surface area contributed by atoms with E-state index in [1.165, 1.54) is 0 Å². The summed E-state index contributed by atoms with van der Waals surface area (Å²) in [7, 11) is 1.87. The summed E-state index contributed by atoms with van der Waals surface area (Å²) < 4.78 is 13.2. The van der Waals surface area contributed by atoms with Gasteiger partial charge in [0.25, 0.3) is 0 Å². The molecule has 0 saturated carbocycles. The van der Waals surface area contributed by atoms with Crippen LogP contribution in [0.15, 0.2) is 18.2 Å². The monoisotopic (exact) mass is 377 g/mol. The van der Waals surface area contributed by atoms with Crippen LogP contribution in [0.5, 0.6) is 5.75 Å². The number of ether oxygens (including phenoxy) is 2. The molecule has 1 unspecified atom stereocenters. The third kappa shape index (κ3) is 4.37. The molecule has 140 valence electrons. The first-order chi connectivity index (χ1) is 12.4. The standard InChI is InChI=1S/C19H24ClN3O3/c1-12-16(13(2)23(3)22-12)10-19(24)21-17-9-14(20)6-7-18(17)26-11-15-5-4-8-25-15/h6-7,9,15H,4-5,8,10-11H2,1-3H3,(H,21,24). The molecular weight excluding hydrogens is 354 g/mol. The van der Waals surface area contributed by atoms with Gasteiger partial charge < -0.3 is 14.8 Å². The highest BCUT2D eigenvalue weighted by Gasteiger charge is 2.18. The third-order valence-electron chi connectivity index (χ3n) is 4.66. The lowest BCUT2D eigenvalue weighted by molar-refractivity contribution is -0.115. The van der Waals surface area contributed by atoms with E-state index in [9.17, 15) is 4.79 Å². The predicted molar refractivity (Wildman–Crippen MR) is 101 cm³/mol. The Balaban J connectivity index is 1.69. The van der Waals surface area contributed by atoms with Crippen LogP contribution in [0.25, 0.3) is 0 Å². The Labute approximate surface area is 158 Å². The summed E-state index contributed by atoms with van der Waals surface area (Å²) in [5.74, 6) is 0.464. The first-order valence-electron chi connectivity index (χ1n) is 8.77. The van der Waals surface area contributed by atoms with Gasteiger partial charge in [-0.3, -0.25) is 9.48 Å². The molecule has 2 heterocycles. The molecule has 1 fully saturated rings. The van der Waals surface area contributed by atoms with Crippen molar-refractivity contribution in [3.05, 3.63) is 40.2 Å². The Hall–Kier alpha value is -2.05. The van der Waals surface area contributed by atoms with E-state index in [1.807, 2.05) is 20.9 Å². The fourth-order valence-corrected chi connectivity index (χ4v) is 3.28. The molecule has 0 spiro atoms. The number of carbonyl (C=O) groups excluding carboxylic acids is 1. The van der Waals surface area contributed by atoms with Crippen LogP contribution in [0.2, 0.25) is 5.02 Å². The highest BCUT2D eigenvalue weighted by Crippen LogP contribution is 2.29. The summed E-state index contributed by atoms with van der Waals surface area (Å²) in [6.45, 7) is 5.11. The molecule has 1 aromatic carbocycles. The average molecular weight is 378 g/mol. The Kier molecular flexibility index (Phi) is 5.84. The van der Waals surface area contributed by atoms with Crippen LogP contribution in [-0.4, -0.2) is 35.0 Å². The van der Waals surface area contributed by atoms with Gasteiger partial charge in [0.2, 0.25) is 5.91 Å².